The zero-order valence-corrected chi connectivity index (χ0v) is 16.5. The first-order valence-electron chi connectivity index (χ1n) is 9.09. The van der Waals surface area contributed by atoms with Crippen LogP contribution in [0.5, 0.6) is 5.75 Å². The van der Waals surface area contributed by atoms with E-state index >= 15 is 0 Å². The van der Waals surface area contributed by atoms with Crippen molar-refractivity contribution in [3.63, 3.8) is 0 Å². The normalized spacial score (nSPS) is 13.8. The minimum Gasteiger partial charge on any atom is -0.496 e. The van der Waals surface area contributed by atoms with Gasteiger partial charge in [-0.2, -0.15) is 0 Å². The molecule has 140 valence electrons. The second kappa shape index (κ2) is 7.53. The lowest BCUT2D eigenvalue weighted by Crippen LogP contribution is -2.29. The van der Waals surface area contributed by atoms with Crippen LogP contribution in [0.4, 0.5) is 5.69 Å². The molecule has 0 spiro atoms. The third kappa shape index (κ3) is 3.41. The molecule has 1 amide bonds. The number of rotatable bonds is 2. The maximum Gasteiger partial charge on any atom is 0.224 e. The summed E-state index contributed by atoms with van der Waals surface area (Å²) in [5, 5.41) is 0.643. The van der Waals surface area contributed by atoms with Gasteiger partial charge in [-0.1, -0.05) is 54.1 Å². The number of methoxy groups -OCH3 is 1. The lowest BCUT2D eigenvalue weighted by atomic mass is 9.95. The fourth-order valence-corrected chi connectivity index (χ4v) is 3.75. The molecule has 3 aromatic rings. The standard InChI is InChI=1S/C24H20ClNO2/c1-16(27)26-15-20-13-22(17-6-4-3-5-7-17)24(28-2)14-18(20)8-9-19-12-21(25)10-11-23(19)26/h3-14H,15H2,1-2H3/b9-8-. The Kier molecular flexibility index (Phi) is 4.93. The Balaban J connectivity index is 1.91. The fraction of sp³-hybridized carbons (Fsp3) is 0.125. The lowest BCUT2D eigenvalue weighted by molar-refractivity contribution is -0.116. The molecule has 0 radical (unpaired) electrons. The Labute approximate surface area is 169 Å². The van der Waals surface area contributed by atoms with E-state index in [0.717, 1.165) is 39.3 Å². The lowest BCUT2D eigenvalue weighted by Gasteiger charge is -2.27. The molecular weight excluding hydrogens is 370 g/mol. The molecule has 0 saturated carbocycles. The first kappa shape index (κ1) is 18.3. The predicted molar refractivity (Wildman–Crippen MR) is 116 cm³/mol. The van der Waals surface area contributed by atoms with Crippen LogP contribution in [-0.2, 0) is 11.3 Å². The van der Waals surface area contributed by atoms with Crippen LogP contribution >= 0.6 is 11.6 Å². The van der Waals surface area contributed by atoms with E-state index in [1.165, 1.54) is 0 Å². The molecule has 1 aliphatic rings. The van der Waals surface area contributed by atoms with Gasteiger partial charge in [-0.3, -0.25) is 4.79 Å². The number of carbonyl (C=O) groups is 1. The van der Waals surface area contributed by atoms with Gasteiger partial charge in [0.15, 0.2) is 0 Å². The average Bonchev–Trinajstić information content (AvgIpc) is 2.70. The summed E-state index contributed by atoms with van der Waals surface area (Å²) in [7, 11) is 1.68. The van der Waals surface area contributed by atoms with E-state index in [1.54, 1.807) is 18.9 Å². The van der Waals surface area contributed by atoms with Crippen molar-refractivity contribution in [3.8, 4) is 16.9 Å². The summed E-state index contributed by atoms with van der Waals surface area (Å²) in [6, 6.07) is 19.9. The topological polar surface area (TPSA) is 29.5 Å². The van der Waals surface area contributed by atoms with Crippen LogP contribution in [0, 0.1) is 0 Å². The van der Waals surface area contributed by atoms with E-state index < -0.39 is 0 Å². The number of ether oxygens (including phenoxy) is 1. The molecule has 0 aliphatic carbocycles. The first-order valence-corrected chi connectivity index (χ1v) is 9.46. The van der Waals surface area contributed by atoms with E-state index in [-0.39, 0.29) is 5.91 Å². The molecule has 0 saturated heterocycles. The van der Waals surface area contributed by atoms with Gasteiger partial charge >= 0.3 is 0 Å². The quantitative estimate of drug-likeness (QED) is 0.533. The number of hydrogen-bond acceptors (Lipinski definition) is 2. The molecule has 3 aromatic carbocycles. The van der Waals surface area contributed by atoms with E-state index in [9.17, 15) is 4.79 Å². The summed E-state index contributed by atoms with van der Waals surface area (Å²) in [6.07, 6.45) is 4.05. The van der Waals surface area contributed by atoms with E-state index in [1.807, 2.05) is 48.5 Å². The van der Waals surface area contributed by atoms with Gasteiger partial charge in [-0.25, -0.2) is 0 Å². The molecule has 3 nitrogen and oxygen atoms in total. The monoisotopic (exact) mass is 389 g/mol. The fourth-order valence-electron chi connectivity index (χ4n) is 3.57. The smallest absolute Gasteiger partial charge is 0.224 e. The van der Waals surface area contributed by atoms with Crippen molar-refractivity contribution in [3.05, 3.63) is 82.4 Å². The van der Waals surface area contributed by atoms with Gasteiger partial charge in [-0.15, -0.1) is 0 Å². The van der Waals surface area contributed by atoms with Gasteiger partial charge in [0.2, 0.25) is 5.91 Å². The van der Waals surface area contributed by atoms with Crippen molar-refractivity contribution >= 4 is 35.3 Å². The third-order valence-corrected chi connectivity index (χ3v) is 5.21. The maximum atomic E-state index is 12.4. The zero-order chi connectivity index (χ0) is 19.7. The molecule has 4 rings (SSSR count). The van der Waals surface area contributed by atoms with Crippen LogP contribution in [0.2, 0.25) is 5.02 Å². The number of halogens is 1. The highest BCUT2D eigenvalue weighted by Crippen LogP contribution is 2.37. The van der Waals surface area contributed by atoms with Crippen LogP contribution in [0.25, 0.3) is 23.3 Å². The first-order chi connectivity index (χ1) is 13.6. The Bertz CT molecular complexity index is 1070. The molecule has 4 heteroatoms. The number of benzene rings is 3. The van der Waals surface area contributed by atoms with Crippen LogP contribution < -0.4 is 9.64 Å². The molecular formula is C24H20ClNO2. The molecule has 0 N–H and O–H groups in total. The summed E-state index contributed by atoms with van der Waals surface area (Å²) in [5.41, 5.74) is 5.95. The minimum atomic E-state index is -0.0121. The van der Waals surface area contributed by atoms with Crippen LogP contribution in [0.3, 0.4) is 0 Å². The Morgan fingerprint density at radius 1 is 1.00 bits per heavy atom. The van der Waals surface area contributed by atoms with E-state index in [0.29, 0.717) is 11.6 Å². The van der Waals surface area contributed by atoms with Crippen molar-refractivity contribution in [2.75, 3.05) is 12.0 Å². The SMILES string of the molecule is COc1cc2c(cc1-c1ccccc1)CN(C(C)=O)c1ccc(Cl)cc1/C=C\2. The Morgan fingerprint density at radius 3 is 2.46 bits per heavy atom. The second-order valence-corrected chi connectivity index (χ2v) is 7.20. The number of hydrogen-bond donors (Lipinski definition) is 0. The van der Waals surface area contributed by atoms with Gasteiger partial charge in [-0.05, 0) is 52.6 Å². The molecule has 0 bridgehead atoms. The van der Waals surface area contributed by atoms with Gasteiger partial charge in [0.1, 0.15) is 5.75 Å². The summed E-state index contributed by atoms with van der Waals surface area (Å²) in [4.78, 5) is 14.2. The van der Waals surface area contributed by atoms with Crippen LogP contribution in [-0.4, -0.2) is 13.0 Å². The molecule has 0 fully saturated rings. The molecule has 0 atom stereocenters. The van der Waals surface area contributed by atoms with Crippen molar-refractivity contribution in [2.45, 2.75) is 13.5 Å². The summed E-state index contributed by atoms with van der Waals surface area (Å²) in [5.74, 6) is 0.790. The van der Waals surface area contributed by atoms with Gasteiger partial charge in [0, 0.05) is 17.5 Å². The zero-order valence-electron chi connectivity index (χ0n) is 15.8. The van der Waals surface area contributed by atoms with Gasteiger partial charge < -0.3 is 9.64 Å². The Hall–Kier alpha value is -3.04. The predicted octanol–water partition coefficient (Wildman–Crippen LogP) is 6.05. The molecule has 1 heterocycles. The van der Waals surface area contributed by atoms with Crippen LogP contribution in [0.1, 0.15) is 23.6 Å². The summed E-state index contributed by atoms with van der Waals surface area (Å²) in [6.45, 7) is 2.07. The van der Waals surface area contributed by atoms with Crippen molar-refractivity contribution in [1.82, 2.24) is 0 Å². The average molecular weight is 390 g/mol. The number of fused-ring (bicyclic) bond motifs is 2. The highest BCUT2D eigenvalue weighted by atomic mass is 35.5. The minimum absolute atomic E-state index is 0.0121. The highest BCUT2D eigenvalue weighted by molar-refractivity contribution is 6.30. The van der Waals surface area contributed by atoms with Crippen molar-refractivity contribution in [1.29, 1.82) is 0 Å². The number of carbonyl (C=O) groups excluding carboxylic acids is 1. The second-order valence-electron chi connectivity index (χ2n) is 6.76. The molecule has 0 unspecified atom stereocenters. The summed E-state index contributed by atoms with van der Waals surface area (Å²) >= 11 is 6.18. The summed E-state index contributed by atoms with van der Waals surface area (Å²) < 4.78 is 5.67. The molecule has 1 aliphatic heterocycles. The molecule has 28 heavy (non-hydrogen) atoms. The number of amides is 1. The third-order valence-electron chi connectivity index (χ3n) is 4.98. The van der Waals surface area contributed by atoms with Crippen LogP contribution in [0.15, 0.2) is 60.7 Å². The number of anilines is 1. The molecule has 0 aromatic heterocycles. The van der Waals surface area contributed by atoms with Gasteiger partial charge in [0.25, 0.3) is 0 Å². The highest BCUT2D eigenvalue weighted by Gasteiger charge is 2.20. The van der Waals surface area contributed by atoms with Crippen molar-refractivity contribution < 1.29 is 9.53 Å². The largest absolute Gasteiger partial charge is 0.496 e. The van der Waals surface area contributed by atoms with E-state index in [2.05, 4.69) is 24.3 Å². The maximum absolute atomic E-state index is 12.4. The number of nitrogens with zero attached hydrogens (tertiary/aromatic N) is 1. The van der Waals surface area contributed by atoms with Gasteiger partial charge in [0.05, 0.1) is 19.3 Å². The van der Waals surface area contributed by atoms with E-state index in [4.69, 9.17) is 16.3 Å². The Morgan fingerprint density at radius 2 is 1.75 bits per heavy atom. The van der Waals surface area contributed by atoms with Crippen molar-refractivity contribution in [2.24, 2.45) is 0 Å².